The van der Waals surface area contributed by atoms with Gasteiger partial charge >= 0.3 is 5.97 Å². The van der Waals surface area contributed by atoms with E-state index in [9.17, 15) is 4.79 Å². The van der Waals surface area contributed by atoms with E-state index in [1.165, 1.54) is 4.90 Å². The lowest BCUT2D eigenvalue weighted by Gasteiger charge is -2.12. The van der Waals surface area contributed by atoms with E-state index in [1.807, 2.05) is 0 Å². The molecule has 0 saturated carbocycles. The molecule has 5 heteroatoms. The molecule has 56 valence electrons. The maximum absolute atomic E-state index is 10.2. The fraction of sp³-hybridized carbons (Fsp3) is 0.600. The third-order valence-corrected chi connectivity index (χ3v) is 1.38. The molecular formula is C5H9N3O2. The van der Waals surface area contributed by atoms with Gasteiger partial charge in [0.15, 0.2) is 0 Å². The monoisotopic (exact) mass is 143 g/mol. The molecule has 0 radical (unpaired) electrons. The van der Waals surface area contributed by atoms with E-state index in [0.29, 0.717) is 13.2 Å². The Hall–Kier alpha value is -1.10. The van der Waals surface area contributed by atoms with Gasteiger partial charge in [-0.2, -0.15) is 0 Å². The highest BCUT2D eigenvalue weighted by Gasteiger charge is 2.18. The second-order valence-electron chi connectivity index (χ2n) is 2.08. The van der Waals surface area contributed by atoms with Gasteiger partial charge < -0.3 is 10.0 Å². The Kier molecular flexibility index (Phi) is 1.86. The van der Waals surface area contributed by atoms with Crippen LogP contribution in [-0.4, -0.2) is 41.6 Å². The SMILES string of the molecule is N=C(C(=O)O)N1CCNC1. The largest absolute Gasteiger partial charge is 0.475 e. The molecule has 10 heavy (non-hydrogen) atoms. The second-order valence-corrected chi connectivity index (χ2v) is 2.08. The van der Waals surface area contributed by atoms with Crippen LogP contribution in [0.1, 0.15) is 0 Å². The standard InChI is InChI=1S/C5H9N3O2/c6-4(5(9)10)8-2-1-7-3-8/h6-7H,1-3H2,(H,9,10). The number of amidine groups is 1. The summed E-state index contributed by atoms with van der Waals surface area (Å²) in [5.74, 6) is -1.49. The molecule has 0 aromatic heterocycles. The summed E-state index contributed by atoms with van der Waals surface area (Å²) >= 11 is 0. The molecule has 0 aliphatic carbocycles. The van der Waals surface area contributed by atoms with E-state index in [0.717, 1.165) is 6.54 Å². The van der Waals surface area contributed by atoms with Crippen molar-refractivity contribution < 1.29 is 9.90 Å². The van der Waals surface area contributed by atoms with Gasteiger partial charge in [0.2, 0.25) is 5.84 Å². The predicted molar refractivity (Wildman–Crippen MR) is 34.9 cm³/mol. The maximum atomic E-state index is 10.2. The zero-order valence-electron chi connectivity index (χ0n) is 5.42. The van der Waals surface area contributed by atoms with Crippen LogP contribution in [-0.2, 0) is 4.79 Å². The summed E-state index contributed by atoms with van der Waals surface area (Å²) in [5.41, 5.74) is 0. The minimum atomic E-state index is -1.16. The summed E-state index contributed by atoms with van der Waals surface area (Å²) in [5, 5.41) is 18.3. The molecule has 0 atom stereocenters. The van der Waals surface area contributed by atoms with Gasteiger partial charge in [-0.25, -0.2) is 4.79 Å². The van der Waals surface area contributed by atoms with Gasteiger partial charge in [0, 0.05) is 13.1 Å². The quantitative estimate of drug-likeness (QED) is 0.297. The first-order valence-electron chi connectivity index (χ1n) is 2.99. The van der Waals surface area contributed by atoms with Crippen LogP contribution in [0.2, 0.25) is 0 Å². The van der Waals surface area contributed by atoms with Crippen LogP contribution >= 0.6 is 0 Å². The summed E-state index contributed by atoms with van der Waals surface area (Å²) in [6, 6.07) is 0. The van der Waals surface area contributed by atoms with Crippen molar-refractivity contribution in [3.8, 4) is 0 Å². The van der Waals surface area contributed by atoms with Crippen LogP contribution in [0.25, 0.3) is 0 Å². The molecule has 1 heterocycles. The molecule has 0 aromatic carbocycles. The van der Waals surface area contributed by atoms with Crippen molar-refractivity contribution in [3.05, 3.63) is 0 Å². The molecule has 0 aromatic rings. The number of aliphatic carboxylic acids is 1. The third-order valence-electron chi connectivity index (χ3n) is 1.38. The normalized spacial score (nSPS) is 17.4. The number of carbonyl (C=O) groups is 1. The first kappa shape index (κ1) is 7.01. The Labute approximate surface area is 58.1 Å². The highest BCUT2D eigenvalue weighted by Crippen LogP contribution is 1.92. The van der Waals surface area contributed by atoms with E-state index >= 15 is 0 Å². The predicted octanol–water partition coefficient (Wildman–Crippen LogP) is -1.09. The number of carboxylic acid groups (broad SMARTS) is 1. The molecular weight excluding hydrogens is 134 g/mol. The molecule has 0 amide bonds. The number of hydrogen-bond acceptors (Lipinski definition) is 3. The first-order valence-corrected chi connectivity index (χ1v) is 2.99. The summed E-state index contributed by atoms with van der Waals surface area (Å²) < 4.78 is 0. The Morgan fingerprint density at radius 2 is 2.40 bits per heavy atom. The third kappa shape index (κ3) is 1.24. The molecule has 1 aliphatic heterocycles. The van der Waals surface area contributed by atoms with Gasteiger partial charge in [0.25, 0.3) is 0 Å². The van der Waals surface area contributed by atoms with E-state index in [4.69, 9.17) is 10.5 Å². The van der Waals surface area contributed by atoms with Crippen molar-refractivity contribution >= 4 is 11.8 Å². The molecule has 5 nitrogen and oxygen atoms in total. The Bertz CT molecular complexity index is 162. The average molecular weight is 143 g/mol. The molecule has 1 saturated heterocycles. The van der Waals surface area contributed by atoms with Gasteiger partial charge in [-0.15, -0.1) is 0 Å². The summed E-state index contributed by atoms with van der Waals surface area (Å²) in [6.07, 6.45) is 0. The van der Waals surface area contributed by atoms with Gasteiger partial charge in [0.05, 0.1) is 6.67 Å². The van der Waals surface area contributed by atoms with Crippen molar-refractivity contribution in [1.29, 1.82) is 5.41 Å². The lowest BCUT2D eigenvalue weighted by atomic mass is 10.5. The zero-order valence-corrected chi connectivity index (χ0v) is 5.42. The van der Waals surface area contributed by atoms with Crippen molar-refractivity contribution in [2.45, 2.75) is 0 Å². The van der Waals surface area contributed by atoms with Gasteiger partial charge in [-0.1, -0.05) is 0 Å². The van der Waals surface area contributed by atoms with E-state index in [2.05, 4.69) is 5.32 Å². The van der Waals surface area contributed by atoms with Crippen molar-refractivity contribution in [2.24, 2.45) is 0 Å². The van der Waals surface area contributed by atoms with Crippen molar-refractivity contribution in [2.75, 3.05) is 19.8 Å². The van der Waals surface area contributed by atoms with Gasteiger partial charge in [-0.05, 0) is 0 Å². The number of rotatable bonds is 0. The highest BCUT2D eigenvalue weighted by molar-refractivity contribution is 6.32. The summed E-state index contributed by atoms with van der Waals surface area (Å²) in [6.45, 7) is 1.85. The minimum absolute atomic E-state index is 0.329. The van der Waals surface area contributed by atoms with Crippen LogP contribution < -0.4 is 5.32 Å². The van der Waals surface area contributed by atoms with Crippen LogP contribution in [0, 0.1) is 5.41 Å². The first-order chi connectivity index (χ1) is 4.72. The average Bonchev–Trinajstić information content (AvgIpc) is 2.36. The van der Waals surface area contributed by atoms with Crippen LogP contribution in [0.4, 0.5) is 0 Å². The number of carboxylic acids is 1. The molecule has 3 N–H and O–H groups in total. The Balaban J connectivity index is 2.48. The zero-order chi connectivity index (χ0) is 7.56. The van der Waals surface area contributed by atoms with E-state index < -0.39 is 5.97 Å². The summed E-state index contributed by atoms with van der Waals surface area (Å²) in [4.78, 5) is 11.7. The Morgan fingerprint density at radius 3 is 2.80 bits per heavy atom. The fourth-order valence-corrected chi connectivity index (χ4v) is 0.833. The van der Waals surface area contributed by atoms with Crippen LogP contribution in [0.15, 0.2) is 0 Å². The van der Waals surface area contributed by atoms with E-state index in [-0.39, 0.29) is 5.84 Å². The molecule has 0 spiro atoms. The fourth-order valence-electron chi connectivity index (χ4n) is 0.833. The van der Waals surface area contributed by atoms with Crippen molar-refractivity contribution in [3.63, 3.8) is 0 Å². The highest BCUT2D eigenvalue weighted by atomic mass is 16.4. The number of nitrogens with one attached hydrogen (secondary N) is 2. The lowest BCUT2D eigenvalue weighted by molar-refractivity contribution is -0.130. The molecule has 0 bridgehead atoms. The van der Waals surface area contributed by atoms with Gasteiger partial charge in [-0.3, -0.25) is 10.7 Å². The molecule has 1 fully saturated rings. The number of hydrogen-bond donors (Lipinski definition) is 3. The van der Waals surface area contributed by atoms with Crippen LogP contribution in [0.3, 0.4) is 0 Å². The lowest BCUT2D eigenvalue weighted by Crippen LogP contribution is -2.34. The van der Waals surface area contributed by atoms with Gasteiger partial charge in [0.1, 0.15) is 0 Å². The van der Waals surface area contributed by atoms with E-state index in [1.54, 1.807) is 0 Å². The van der Waals surface area contributed by atoms with Crippen molar-refractivity contribution in [1.82, 2.24) is 10.2 Å². The molecule has 1 aliphatic rings. The van der Waals surface area contributed by atoms with Crippen LogP contribution in [0.5, 0.6) is 0 Å². The Morgan fingerprint density at radius 1 is 1.70 bits per heavy atom. The summed E-state index contributed by atoms with van der Waals surface area (Å²) in [7, 11) is 0. The number of nitrogens with zero attached hydrogens (tertiary/aromatic N) is 1. The molecule has 1 rings (SSSR count). The topological polar surface area (TPSA) is 76.4 Å². The smallest absolute Gasteiger partial charge is 0.371 e. The molecule has 0 unspecified atom stereocenters. The maximum Gasteiger partial charge on any atom is 0.371 e. The minimum Gasteiger partial charge on any atom is -0.475 e. The second kappa shape index (κ2) is 2.66.